The standard InChI is InChI=1S/C46H43F5N4O5/c1-27-35(24-54-20-18-46(19-21-54)45(58)53-26-55(46)34-8-3-2-4-9-34)59-44(60-42(27)31-12-10-28(25-56)11-13-31)32-16-14-30(15-17-32)33-7-5-6-29(22-33)23-52-43(57)36-37(47)39(49)41(51)40(50)38(36)48/h2-17,22,27,35,42,44,56H,18-21,23-26H2,1H3,(H,52,57)(H,53,58). The second-order valence-corrected chi connectivity index (χ2v) is 15.5. The van der Waals surface area contributed by atoms with Crippen LogP contribution in [0.5, 0.6) is 0 Å². The molecule has 4 atom stereocenters. The minimum atomic E-state index is -2.34. The minimum Gasteiger partial charge on any atom is -0.392 e. The first kappa shape index (κ1) is 41.1. The van der Waals surface area contributed by atoms with Crippen LogP contribution in [0.4, 0.5) is 27.6 Å². The lowest BCUT2D eigenvalue weighted by atomic mass is 9.84. The van der Waals surface area contributed by atoms with E-state index in [0.717, 1.165) is 33.5 Å². The first-order valence-corrected chi connectivity index (χ1v) is 19.8. The molecule has 60 heavy (non-hydrogen) atoms. The van der Waals surface area contributed by atoms with Gasteiger partial charge in [0.25, 0.3) is 5.91 Å². The van der Waals surface area contributed by atoms with Gasteiger partial charge in [0.2, 0.25) is 11.7 Å². The molecule has 2 amide bonds. The van der Waals surface area contributed by atoms with E-state index in [9.17, 15) is 36.6 Å². The second-order valence-electron chi connectivity index (χ2n) is 15.5. The van der Waals surface area contributed by atoms with Gasteiger partial charge in [-0.15, -0.1) is 0 Å². The van der Waals surface area contributed by atoms with Crippen molar-refractivity contribution in [3.63, 3.8) is 0 Å². The van der Waals surface area contributed by atoms with E-state index in [4.69, 9.17) is 9.47 Å². The maximum absolute atomic E-state index is 14.2. The normalized spacial score (nSPS) is 21.6. The Kier molecular flexibility index (Phi) is 11.7. The maximum Gasteiger partial charge on any atom is 0.257 e. The fourth-order valence-electron chi connectivity index (χ4n) is 8.49. The SMILES string of the molecule is CC1C(CN2CCC3(CC2)C(=O)NCN3c2ccccc2)OC(c2ccc(-c3cccc(CNC(=O)c4c(F)c(F)c(F)c(F)c4F)c3)cc2)OC1c1ccc(CO)cc1. The van der Waals surface area contributed by atoms with Gasteiger partial charge in [0.05, 0.1) is 25.5 Å². The Balaban J connectivity index is 0.973. The molecule has 0 aliphatic carbocycles. The molecule has 3 aliphatic heterocycles. The van der Waals surface area contributed by atoms with Crippen LogP contribution in [0.2, 0.25) is 0 Å². The minimum absolute atomic E-state index is 0.0516. The predicted octanol–water partition coefficient (Wildman–Crippen LogP) is 7.69. The number of carbonyl (C=O) groups is 2. The fourth-order valence-corrected chi connectivity index (χ4v) is 8.49. The highest BCUT2D eigenvalue weighted by atomic mass is 19.2. The summed E-state index contributed by atoms with van der Waals surface area (Å²) in [5.74, 6) is -12.6. The van der Waals surface area contributed by atoms with E-state index in [1.54, 1.807) is 18.2 Å². The molecule has 0 saturated carbocycles. The third kappa shape index (κ3) is 7.87. The van der Waals surface area contributed by atoms with Crippen LogP contribution in [-0.2, 0) is 27.4 Å². The Labute approximate surface area is 343 Å². The molecule has 1 spiro atoms. The number of nitrogens with one attached hydrogen (secondary N) is 2. The molecule has 3 heterocycles. The summed E-state index contributed by atoms with van der Waals surface area (Å²) < 4.78 is 82.8. The number of ether oxygens (including phenoxy) is 2. The van der Waals surface area contributed by atoms with Gasteiger partial charge in [-0.1, -0.05) is 91.9 Å². The summed E-state index contributed by atoms with van der Waals surface area (Å²) in [7, 11) is 0. The topological polar surface area (TPSA) is 103 Å². The molecule has 14 heteroatoms. The van der Waals surface area contributed by atoms with Crippen molar-refractivity contribution in [2.45, 2.75) is 57.0 Å². The smallest absolute Gasteiger partial charge is 0.257 e. The number of benzene rings is 5. The van der Waals surface area contributed by atoms with Crippen molar-refractivity contribution in [1.82, 2.24) is 15.5 Å². The molecule has 9 nitrogen and oxygen atoms in total. The molecule has 3 aliphatic rings. The van der Waals surface area contributed by atoms with E-state index in [2.05, 4.69) is 27.4 Å². The zero-order valence-electron chi connectivity index (χ0n) is 32.6. The zero-order chi connectivity index (χ0) is 42.1. The summed E-state index contributed by atoms with van der Waals surface area (Å²) >= 11 is 0. The average molecular weight is 827 g/mol. The van der Waals surface area contributed by atoms with Crippen molar-refractivity contribution in [1.29, 1.82) is 0 Å². The Bertz CT molecular complexity index is 2330. The Morgan fingerprint density at radius 3 is 2.10 bits per heavy atom. The molecule has 0 bridgehead atoms. The van der Waals surface area contributed by atoms with Crippen LogP contribution in [0.25, 0.3) is 11.1 Å². The highest BCUT2D eigenvalue weighted by molar-refractivity contribution is 5.95. The van der Waals surface area contributed by atoms with Crippen LogP contribution in [0.1, 0.15) is 64.8 Å². The van der Waals surface area contributed by atoms with Crippen LogP contribution < -0.4 is 15.5 Å². The summed E-state index contributed by atoms with van der Waals surface area (Å²) in [5.41, 5.74) is 3.43. The largest absolute Gasteiger partial charge is 0.392 e. The predicted molar refractivity (Wildman–Crippen MR) is 213 cm³/mol. The summed E-state index contributed by atoms with van der Waals surface area (Å²) in [5, 5.41) is 15.0. The van der Waals surface area contributed by atoms with Crippen molar-refractivity contribution >= 4 is 17.5 Å². The van der Waals surface area contributed by atoms with E-state index in [-0.39, 0.29) is 37.2 Å². The first-order chi connectivity index (χ1) is 29.0. The highest BCUT2D eigenvalue weighted by Crippen LogP contribution is 2.43. The monoisotopic (exact) mass is 826 g/mol. The number of halogens is 5. The maximum atomic E-state index is 14.2. The van der Waals surface area contributed by atoms with Gasteiger partial charge in [-0.2, -0.15) is 0 Å². The number of carbonyl (C=O) groups excluding carboxylic acids is 2. The summed E-state index contributed by atoms with van der Waals surface area (Å²) in [6, 6.07) is 32.2. The number of hydrogen-bond donors (Lipinski definition) is 3. The Morgan fingerprint density at radius 1 is 0.783 bits per heavy atom. The van der Waals surface area contributed by atoms with Crippen LogP contribution >= 0.6 is 0 Å². The Hall–Kier alpha value is -5.67. The molecule has 8 rings (SSSR count). The average Bonchev–Trinajstić information content (AvgIpc) is 3.60. The number of nitrogens with zero attached hydrogens (tertiary/aromatic N) is 2. The van der Waals surface area contributed by atoms with Gasteiger partial charge in [0.1, 0.15) is 11.1 Å². The van der Waals surface area contributed by atoms with E-state index in [1.807, 2.05) is 84.9 Å². The van der Waals surface area contributed by atoms with Crippen LogP contribution in [0.15, 0.2) is 103 Å². The van der Waals surface area contributed by atoms with Gasteiger partial charge >= 0.3 is 0 Å². The Morgan fingerprint density at radius 2 is 1.43 bits per heavy atom. The van der Waals surface area contributed by atoms with Gasteiger partial charge in [0, 0.05) is 43.3 Å². The van der Waals surface area contributed by atoms with E-state index in [0.29, 0.717) is 44.7 Å². The van der Waals surface area contributed by atoms with E-state index < -0.39 is 52.4 Å². The molecule has 3 N–H and O–H groups in total. The quantitative estimate of drug-likeness (QED) is 0.0755. The van der Waals surface area contributed by atoms with Gasteiger partial charge < -0.3 is 35.0 Å². The first-order valence-electron chi connectivity index (χ1n) is 19.8. The van der Waals surface area contributed by atoms with E-state index >= 15 is 0 Å². The highest BCUT2D eigenvalue weighted by Gasteiger charge is 2.51. The van der Waals surface area contributed by atoms with Gasteiger partial charge in [-0.3, -0.25) is 9.59 Å². The van der Waals surface area contributed by atoms with Crippen LogP contribution in [-0.4, -0.2) is 59.8 Å². The number of aliphatic hydroxyl groups is 1. The van der Waals surface area contributed by atoms with E-state index in [1.165, 1.54) is 0 Å². The number of rotatable bonds is 10. The molecule has 312 valence electrons. The second kappa shape index (κ2) is 17.1. The molecule has 0 aromatic heterocycles. The number of anilines is 1. The van der Waals surface area contributed by atoms with Crippen molar-refractivity contribution in [2.75, 3.05) is 31.2 Å². The molecule has 3 saturated heterocycles. The zero-order valence-corrected chi connectivity index (χ0v) is 32.6. The van der Waals surface area contributed by atoms with Crippen molar-refractivity contribution in [3.05, 3.63) is 160 Å². The molecule has 5 aromatic rings. The fraction of sp³-hybridized carbons (Fsp3) is 0.304. The lowest BCUT2D eigenvalue weighted by Crippen LogP contribution is -2.57. The number of hydrogen-bond acceptors (Lipinski definition) is 7. The van der Waals surface area contributed by atoms with Gasteiger partial charge in [-0.25, -0.2) is 22.0 Å². The molecule has 0 radical (unpaired) electrons. The summed E-state index contributed by atoms with van der Waals surface area (Å²) in [6.07, 6.45) is 0.0432. The molecular weight excluding hydrogens is 784 g/mol. The summed E-state index contributed by atoms with van der Waals surface area (Å²) in [4.78, 5) is 30.4. The lowest BCUT2D eigenvalue weighted by molar-refractivity contribution is -0.276. The van der Waals surface area contributed by atoms with Crippen LogP contribution in [0, 0.1) is 35.0 Å². The van der Waals surface area contributed by atoms with Gasteiger partial charge in [0.15, 0.2) is 29.6 Å². The lowest BCUT2D eigenvalue weighted by Gasteiger charge is -2.46. The number of aliphatic hydroxyl groups excluding tert-OH is 1. The van der Waals surface area contributed by atoms with Gasteiger partial charge in [-0.05, 0) is 58.9 Å². The third-order valence-electron chi connectivity index (χ3n) is 12.0. The molecule has 3 fully saturated rings. The number of piperidine rings is 1. The number of amides is 2. The number of para-hydroxylation sites is 1. The van der Waals surface area contributed by atoms with Crippen molar-refractivity contribution in [3.8, 4) is 11.1 Å². The summed E-state index contributed by atoms with van der Waals surface area (Å²) in [6.45, 7) is 4.30. The third-order valence-corrected chi connectivity index (χ3v) is 12.0. The number of likely N-dealkylation sites (tertiary alicyclic amines) is 1. The molecule has 4 unspecified atom stereocenters. The van der Waals surface area contributed by atoms with Crippen molar-refractivity contribution < 1.29 is 46.1 Å². The van der Waals surface area contributed by atoms with Crippen LogP contribution in [0.3, 0.4) is 0 Å². The van der Waals surface area contributed by atoms with Crippen molar-refractivity contribution in [2.24, 2.45) is 5.92 Å². The molecular formula is C46H43F5N4O5. The molecule has 5 aromatic carbocycles.